The van der Waals surface area contributed by atoms with Gasteiger partial charge in [0.2, 0.25) is 0 Å². The fourth-order valence-corrected chi connectivity index (χ4v) is 3.49. The predicted octanol–water partition coefficient (Wildman–Crippen LogP) is 4.56. The lowest BCUT2D eigenvalue weighted by molar-refractivity contribution is -0.136. The zero-order chi connectivity index (χ0) is 27.6. The number of esters is 1. The van der Waals surface area contributed by atoms with E-state index in [1.54, 1.807) is 72.8 Å². The van der Waals surface area contributed by atoms with Gasteiger partial charge in [-0.15, -0.1) is 0 Å². The molecule has 3 amide bonds. The van der Waals surface area contributed by atoms with Crippen LogP contribution in [-0.2, 0) is 9.59 Å². The number of amides is 3. The van der Waals surface area contributed by atoms with E-state index in [0.29, 0.717) is 22.6 Å². The summed E-state index contributed by atoms with van der Waals surface area (Å²) in [6.45, 7) is 1.83. The summed E-state index contributed by atoms with van der Waals surface area (Å²) in [6.07, 6.45) is 1.33. The van der Waals surface area contributed by atoms with Crippen LogP contribution in [0.1, 0.15) is 31.8 Å². The van der Waals surface area contributed by atoms with Crippen molar-refractivity contribution in [3.8, 4) is 5.75 Å². The molecule has 9 heteroatoms. The van der Waals surface area contributed by atoms with E-state index in [2.05, 4.69) is 21.2 Å². The van der Waals surface area contributed by atoms with Crippen molar-refractivity contribution in [2.75, 3.05) is 10.6 Å². The number of nitrogens with zero attached hydrogens (tertiary/aromatic N) is 1. The van der Waals surface area contributed by atoms with E-state index in [1.807, 2.05) is 25.1 Å². The Morgan fingerprint density at radius 1 is 0.692 bits per heavy atom. The lowest BCUT2D eigenvalue weighted by atomic mass is 10.1. The predicted molar refractivity (Wildman–Crippen MR) is 148 cm³/mol. The molecule has 0 aliphatic carbocycles. The van der Waals surface area contributed by atoms with Crippen LogP contribution >= 0.6 is 0 Å². The van der Waals surface area contributed by atoms with E-state index in [-0.39, 0.29) is 11.3 Å². The SMILES string of the molecule is Cc1ccccc1C(=O)Oc1ccc(C=NNC(=O)C(=O)Nc2ccccc2C(=O)Nc2ccccc2)cc1. The Hall–Kier alpha value is -5.57. The van der Waals surface area contributed by atoms with Gasteiger partial charge in [-0.3, -0.25) is 14.4 Å². The van der Waals surface area contributed by atoms with Gasteiger partial charge in [0.25, 0.3) is 5.91 Å². The Morgan fingerprint density at radius 2 is 1.33 bits per heavy atom. The van der Waals surface area contributed by atoms with Crippen molar-refractivity contribution in [1.82, 2.24) is 5.43 Å². The minimum absolute atomic E-state index is 0.172. The minimum Gasteiger partial charge on any atom is -0.423 e. The average molecular weight is 521 g/mol. The monoisotopic (exact) mass is 520 g/mol. The number of hydrogen-bond acceptors (Lipinski definition) is 6. The summed E-state index contributed by atoms with van der Waals surface area (Å²) in [5, 5.41) is 8.97. The Bertz CT molecular complexity index is 1530. The highest BCUT2D eigenvalue weighted by molar-refractivity contribution is 6.40. The van der Waals surface area contributed by atoms with Crippen LogP contribution in [0.5, 0.6) is 5.75 Å². The highest BCUT2D eigenvalue weighted by Gasteiger charge is 2.18. The molecule has 0 heterocycles. The minimum atomic E-state index is -1.02. The maximum absolute atomic E-state index is 12.7. The fraction of sp³-hybridized carbons (Fsp3) is 0.0333. The number of ether oxygens (including phenoxy) is 1. The topological polar surface area (TPSA) is 126 Å². The highest BCUT2D eigenvalue weighted by Crippen LogP contribution is 2.18. The van der Waals surface area contributed by atoms with Gasteiger partial charge in [0.1, 0.15) is 5.75 Å². The first kappa shape index (κ1) is 26.5. The molecular formula is C30H24N4O5. The van der Waals surface area contributed by atoms with Gasteiger partial charge in [-0.2, -0.15) is 5.10 Å². The summed E-state index contributed by atoms with van der Waals surface area (Å²) in [6, 6.07) is 28.7. The fourth-order valence-electron chi connectivity index (χ4n) is 3.49. The summed E-state index contributed by atoms with van der Waals surface area (Å²) in [4.78, 5) is 49.7. The molecule has 0 aliphatic rings. The van der Waals surface area contributed by atoms with Gasteiger partial charge in [0.15, 0.2) is 0 Å². The molecule has 4 aromatic carbocycles. The van der Waals surface area contributed by atoms with Crippen molar-refractivity contribution in [3.05, 3.63) is 125 Å². The quantitative estimate of drug-likeness (QED) is 0.108. The van der Waals surface area contributed by atoms with Gasteiger partial charge >= 0.3 is 17.8 Å². The maximum atomic E-state index is 12.7. The van der Waals surface area contributed by atoms with Crippen LogP contribution in [0.15, 0.2) is 108 Å². The zero-order valence-electron chi connectivity index (χ0n) is 20.9. The number of anilines is 2. The summed E-state index contributed by atoms with van der Waals surface area (Å²) < 4.78 is 5.39. The van der Waals surface area contributed by atoms with E-state index in [1.165, 1.54) is 18.3 Å². The first-order chi connectivity index (χ1) is 18.9. The van der Waals surface area contributed by atoms with Crippen LogP contribution < -0.4 is 20.8 Å². The number of rotatable bonds is 7. The first-order valence-corrected chi connectivity index (χ1v) is 11.9. The molecule has 0 aromatic heterocycles. The molecule has 4 rings (SSSR count). The number of benzene rings is 4. The van der Waals surface area contributed by atoms with Crippen LogP contribution in [0.25, 0.3) is 0 Å². The molecule has 0 radical (unpaired) electrons. The van der Waals surface area contributed by atoms with Crippen molar-refractivity contribution >= 4 is 41.3 Å². The van der Waals surface area contributed by atoms with E-state index in [4.69, 9.17) is 4.74 Å². The Kier molecular flexibility index (Phi) is 8.56. The van der Waals surface area contributed by atoms with Crippen molar-refractivity contribution in [1.29, 1.82) is 0 Å². The van der Waals surface area contributed by atoms with Crippen LogP contribution in [0.2, 0.25) is 0 Å². The Labute approximate surface area is 224 Å². The molecule has 194 valence electrons. The van der Waals surface area contributed by atoms with E-state index in [9.17, 15) is 19.2 Å². The third-order valence-electron chi connectivity index (χ3n) is 5.49. The lowest BCUT2D eigenvalue weighted by Gasteiger charge is -2.11. The molecule has 0 saturated heterocycles. The van der Waals surface area contributed by atoms with Crippen LogP contribution in [0.4, 0.5) is 11.4 Å². The van der Waals surface area contributed by atoms with Gasteiger partial charge in [-0.1, -0.05) is 48.5 Å². The number of hydrazone groups is 1. The second-order valence-corrected chi connectivity index (χ2v) is 8.29. The van der Waals surface area contributed by atoms with Gasteiger partial charge in [-0.25, -0.2) is 10.2 Å². The first-order valence-electron chi connectivity index (χ1n) is 11.9. The van der Waals surface area contributed by atoms with Crippen LogP contribution in [0.3, 0.4) is 0 Å². The second-order valence-electron chi connectivity index (χ2n) is 8.29. The highest BCUT2D eigenvalue weighted by atomic mass is 16.5. The molecule has 39 heavy (non-hydrogen) atoms. The molecule has 0 saturated carbocycles. The van der Waals surface area contributed by atoms with Gasteiger partial charge in [0, 0.05) is 5.69 Å². The normalized spacial score (nSPS) is 10.5. The summed E-state index contributed by atoms with van der Waals surface area (Å²) in [5.74, 6) is -2.58. The summed E-state index contributed by atoms with van der Waals surface area (Å²) >= 11 is 0. The average Bonchev–Trinajstić information content (AvgIpc) is 2.95. The Balaban J connectivity index is 1.31. The molecule has 0 aliphatic heterocycles. The van der Waals surface area contributed by atoms with Crippen molar-refractivity contribution in [2.45, 2.75) is 6.92 Å². The molecule has 0 bridgehead atoms. The standard InChI is InChI=1S/C30H24N4O5/c1-20-9-5-6-12-24(20)30(38)39-23-17-15-21(16-18-23)19-31-34-29(37)28(36)33-26-14-8-7-13-25(26)27(35)32-22-10-3-2-4-11-22/h2-19H,1H3,(H,32,35)(H,33,36)(H,34,37). The summed E-state index contributed by atoms with van der Waals surface area (Å²) in [7, 11) is 0. The van der Waals surface area contributed by atoms with E-state index >= 15 is 0 Å². The summed E-state index contributed by atoms with van der Waals surface area (Å²) in [5.41, 5.74) is 4.98. The number of aryl methyl sites for hydroxylation is 1. The molecule has 9 nitrogen and oxygen atoms in total. The largest absolute Gasteiger partial charge is 0.423 e. The molecule has 0 spiro atoms. The molecule has 0 unspecified atom stereocenters. The van der Waals surface area contributed by atoms with Gasteiger partial charge in [-0.05, 0) is 72.6 Å². The smallest absolute Gasteiger partial charge is 0.343 e. The van der Waals surface area contributed by atoms with Crippen molar-refractivity contribution in [2.24, 2.45) is 5.10 Å². The molecule has 3 N–H and O–H groups in total. The van der Waals surface area contributed by atoms with E-state index in [0.717, 1.165) is 5.56 Å². The van der Waals surface area contributed by atoms with Gasteiger partial charge in [0.05, 0.1) is 23.0 Å². The van der Waals surface area contributed by atoms with E-state index < -0.39 is 23.7 Å². The number of carbonyl (C=O) groups excluding carboxylic acids is 4. The maximum Gasteiger partial charge on any atom is 0.343 e. The van der Waals surface area contributed by atoms with Gasteiger partial charge < -0.3 is 15.4 Å². The van der Waals surface area contributed by atoms with Crippen molar-refractivity contribution < 1.29 is 23.9 Å². The molecular weight excluding hydrogens is 496 g/mol. The second kappa shape index (κ2) is 12.6. The number of hydrogen-bond donors (Lipinski definition) is 3. The zero-order valence-corrected chi connectivity index (χ0v) is 20.9. The Morgan fingerprint density at radius 3 is 2.05 bits per heavy atom. The van der Waals surface area contributed by atoms with Crippen LogP contribution in [0, 0.1) is 6.92 Å². The third-order valence-corrected chi connectivity index (χ3v) is 5.49. The van der Waals surface area contributed by atoms with Crippen LogP contribution in [-0.4, -0.2) is 29.9 Å². The third kappa shape index (κ3) is 7.23. The number of para-hydroxylation sites is 2. The molecule has 4 aromatic rings. The molecule has 0 atom stereocenters. The van der Waals surface area contributed by atoms with Crippen molar-refractivity contribution in [3.63, 3.8) is 0 Å². The molecule has 0 fully saturated rings. The lowest BCUT2D eigenvalue weighted by Crippen LogP contribution is -2.33. The number of nitrogens with one attached hydrogen (secondary N) is 3. The number of carbonyl (C=O) groups is 4.